The molecule has 8 rings (SSSR count). The van der Waals surface area contributed by atoms with Crippen LogP contribution in [-0.2, 0) is 44.7 Å². The van der Waals surface area contributed by atoms with Crippen molar-refractivity contribution < 1.29 is 48.4 Å². The van der Waals surface area contributed by atoms with E-state index in [2.05, 4.69) is 63.5 Å². The second kappa shape index (κ2) is 17.6. The molecule has 61 heavy (non-hydrogen) atoms. The van der Waals surface area contributed by atoms with E-state index in [0.29, 0.717) is 36.2 Å². The number of benzene rings is 1. The van der Waals surface area contributed by atoms with Gasteiger partial charge in [-0.05, 0) is 87.2 Å². The van der Waals surface area contributed by atoms with Crippen LogP contribution in [0.2, 0.25) is 0 Å². The highest BCUT2D eigenvalue weighted by Gasteiger charge is 2.76. The van der Waals surface area contributed by atoms with Crippen molar-refractivity contribution in [2.45, 2.75) is 198 Å². The minimum absolute atomic E-state index is 0.0118. The first-order valence-electron chi connectivity index (χ1n) is 23.5. The molecule has 0 spiro atoms. The van der Waals surface area contributed by atoms with Crippen LogP contribution in [-0.4, -0.2) is 106 Å². The molecule has 0 aromatic heterocycles. The molecular formula is C48H71N3O10. The lowest BCUT2D eigenvalue weighted by Crippen LogP contribution is -2.71. The van der Waals surface area contributed by atoms with Crippen LogP contribution in [0.15, 0.2) is 29.8 Å². The molecule has 13 nitrogen and oxygen atoms in total. The number of aliphatic hydroxyl groups is 2. The van der Waals surface area contributed by atoms with Crippen LogP contribution in [0.3, 0.4) is 0 Å². The number of nitrogens with one attached hydrogen (secondary N) is 2. The van der Waals surface area contributed by atoms with E-state index in [1.807, 2.05) is 12.1 Å². The van der Waals surface area contributed by atoms with E-state index in [-0.39, 0.29) is 31.7 Å². The molecule has 3 saturated carbocycles. The van der Waals surface area contributed by atoms with Crippen LogP contribution in [0.1, 0.15) is 143 Å². The summed E-state index contributed by atoms with van der Waals surface area (Å²) in [7, 11) is 0. The number of allylic oxidation sites excluding steroid dienone is 1. The third-order valence-corrected chi connectivity index (χ3v) is 15.5. The van der Waals surface area contributed by atoms with Crippen LogP contribution in [0.5, 0.6) is 0 Å². The minimum atomic E-state index is -1.53. The van der Waals surface area contributed by atoms with E-state index in [1.54, 1.807) is 5.06 Å². The van der Waals surface area contributed by atoms with E-state index < -0.39 is 71.6 Å². The fourth-order valence-electron chi connectivity index (χ4n) is 12.0. The van der Waals surface area contributed by atoms with Gasteiger partial charge in [-0.3, -0.25) is 19.2 Å². The molecule has 0 radical (unpaired) electrons. The van der Waals surface area contributed by atoms with Crippen molar-refractivity contribution >= 4 is 23.9 Å². The summed E-state index contributed by atoms with van der Waals surface area (Å²) >= 11 is 0. The monoisotopic (exact) mass is 850 g/mol. The van der Waals surface area contributed by atoms with Gasteiger partial charge in [-0.25, -0.2) is 0 Å². The number of rotatable bonds is 17. The molecule has 4 saturated heterocycles. The number of carbonyl (C=O) groups excluding carboxylic acids is 3. The van der Waals surface area contributed by atoms with Gasteiger partial charge in [-0.1, -0.05) is 89.3 Å². The number of esters is 1. The molecule has 7 aliphatic rings. The molecule has 12 atom stereocenters. The average molecular weight is 850 g/mol. The van der Waals surface area contributed by atoms with Gasteiger partial charge < -0.3 is 39.8 Å². The second-order valence-electron chi connectivity index (χ2n) is 20.3. The van der Waals surface area contributed by atoms with Gasteiger partial charge in [0.2, 0.25) is 11.8 Å². The number of ether oxygens (including phenoxy) is 4. The SMILES string of the molecule is CCCCCC1(CCCCC)OC2C3CC4(C(=O)NC(C(=O)NCCO)C(C)O)C(ON(Cc5cccc(C=C6CCC7OC7(C)CCC7C6CC7(C)C)c5)C4C(=O)O3)C2O1. The first-order valence-corrected chi connectivity index (χ1v) is 23.5. The second-order valence-corrected chi connectivity index (χ2v) is 20.3. The zero-order valence-electron chi connectivity index (χ0n) is 37.3. The van der Waals surface area contributed by atoms with Crippen molar-refractivity contribution in [2.75, 3.05) is 13.2 Å². The summed E-state index contributed by atoms with van der Waals surface area (Å²) in [6.45, 7) is 12.6. The number of fused-ring (bicyclic) bond motifs is 6. The number of carbonyl (C=O) groups is 3. The molecule has 1 aromatic rings. The Hall–Kier alpha value is -2.91. The van der Waals surface area contributed by atoms with Gasteiger partial charge in [0.25, 0.3) is 0 Å². The van der Waals surface area contributed by atoms with Crippen LogP contribution >= 0.6 is 0 Å². The number of unbranched alkanes of at least 4 members (excludes halogenated alkanes) is 4. The highest BCUT2D eigenvalue weighted by atomic mass is 16.8. The standard InChI is InChI=1S/C48H71N3O10/c1-7-9-11-19-47(20-12-10-8-2)59-38-35-27-48(44(56)50-37(29(3)53)42(54)49-22-23-52)40(43(55)57-35)51(61-41(48)39(38)60-47)28-31-15-13-14-30(24-31)25-32-16-17-36-46(6,58-36)21-18-34-33(32)26-45(34,4)5/h13-15,24-25,29,33-41,52-53H,7-12,16-23,26-28H2,1-6H3,(H,49,54)(H,50,56). The Balaban J connectivity index is 1.11. The Labute approximate surface area is 361 Å². The number of nitrogens with zero attached hydrogens (tertiary/aromatic N) is 1. The number of hydrogen-bond donors (Lipinski definition) is 4. The fourth-order valence-corrected chi connectivity index (χ4v) is 12.0. The maximum atomic E-state index is 15.0. The van der Waals surface area contributed by atoms with E-state index >= 15 is 4.79 Å². The van der Waals surface area contributed by atoms with Crippen molar-refractivity contribution in [2.24, 2.45) is 22.7 Å². The van der Waals surface area contributed by atoms with Crippen LogP contribution in [0.25, 0.3) is 6.08 Å². The molecule has 2 amide bonds. The van der Waals surface area contributed by atoms with Gasteiger partial charge in [-0.2, -0.15) is 5.06 Å². The smallest absolute Gasteiger partial charge is 0.327 e. The maximum Gasteiger partial charge on any atom is 0.327 e. The van der Waals surface area contributed by atoms with Gasteiger partial charge in [0.15, 0.2) is 11.8 Å². The van der Waals surface area contributed by atoms with Crippen molar-refractivity contribution in [1.29, 1.82) is 0 Å². The largest absolute Gasteiger partial charge is 0.458 e. The van der Waals surface area contributed by atoms with Gasteiger partial charge in [0, 0.05) is 25.8 Å². The zero-order chi connectivity index (χ0) is 43.3. The molecule has 4 aliphatic heterocycles. The van der Waals surface area contributed by atoms with E-state index in [0.717, 1.165) is 68.9 Å². The van der Waals surface area contributed by atoms with E-state index in [4.69, 9.17) is 23.8 Å². The summed E-state index contributed by atoms with van der Waals surface area (Å²) in [6.07, 6.45) is 11.1. The van der Waals surface area contributed by atoms with Crippen LogP contribution in [0.4, 0.5) is 0 Å². The Bertz CT molecular complexity index is 1810. The molecule has 12 unspecified atom stereocenters. The molecule has 1 aromatic carbocycles. The third-order valence-electron chi connectivity index (χ3n) is 15.5. The summed E-state index contributed by atoms with van der Waals surface area (Å²) in [4.78, 5) is 49.6. The van der Waals surface area contributed by atoms with Gasteiger partial charge in [0.1, 0.15) is 35.9 Å². The normalized spacial score (nSPS) is 37.1. The highest BCUT2D eigenvalue weighted by Crippen LogP contribution is 2.61. The lowest BCUT2D eigenvalue weighted by atomic mass is 9.52. The van der Waals surface area contributed by atoms with E-state index in [1.165, 1.54) is 25.3 Å². The lowest BCUT2D eigenvalue weighted by Gasteiger charge is -2.53. The average Bonchev–Trinajstić information content (AvgIpc) is 3.50. The predicted molar refractivity (Wildman–Crippen MR) is 227 cm³/mol. The van der Waals surface area contributed by atoms with Gasteiger partial charge in [0.05, 0.1) is 31.0 Å². The number of epoxide rings is 1. The van der Waals surface area contributed by atoms with E-state index in [9.17, 15) is 19.8 Å². The van der Waals surface area contributed by atoms with Gasteiger partial charge in [-0.15, -0.1) is 0 Å². The molecule has 13 heteroatoms. The Morgan fingerprint density at radius 3 is 2.43 bits per heavy atom. The first-order chi connectivity index (χ1) is 29.2. The Morgan fingerprint density at radius 2 is 1.74 bits per heavy atom. The molecular weight excluding hydrogens is 779 g/mol. The quantitative estimate of drug-likeness (QED) is 0.0840. The topological polar surface area (TPSA) is 168 Å². The molecule has 4 heterocycles. The third kappa shape index (κ3) is 8.46. The van der Waals surface area contributed by atoms with Crippen molar-refractivity contribution in [3.8, 4) is 0 Å². The van der Waals surface area contributed by atoms with Crippen LogP contribution in [0, 0.1) is 22.7 Å². The van der Waals surface area contributed by atoms with Gasteiger partial charge >= 0.3 is 5.97 Å². The number of hydroxylamine groups is 2. The molecule has 4 N–H and O–H groups in total. The number of aliphatic hydroxyl groups excluding tert-OH is 2. The number of hydrogen-bond acceptors (Lipinski definition) is 11. The molecule has 2 bridgehead atoms. The summed E-state index contributed by atoms with van der Waals surface area (Å²) < 4.78 is 26.4. The molecule has 7 fully saturated rings. The summed E-state index contributed by atoms with van der Waals surface area (Å²) in [6, 6.07) is 5.81. The fraction of sp³-hybridized carbons (Fsp3) is 0.771. The minimum Gasteiger partial charge on any atom is -0.458 e. The first kappa shape index (κ1) is 44.7. The summed E-state index contributed by atoms with van der Waals surface area (Å²) in [5.41, 5.74) is 2.24. The Morgan fingerprint density at radius 1 is 1.00 bits per heavy atom. The molecule has 338 valence electrons. The van der Waals surface area contributed by atoms with Crippen molar-refractivity contribution in [1.82, 2.24) is 15.7 Å². The summed E-state index contributed by atoms with van der Waals surface area (Å²) in [5, 5.41) is 27.1. The molecule has 3 aliphatic carbocycles. The van der Waals surface area contributed by atoms with Crippen molar-refractivity contribution in [3.05, 3.63) is 41.0 Å². The zero-order valence-corrected chi connectivity index (χ0v) is 37.3. The Kier molecular flexibility index (Phi) is 12.9. The van der Waals surface area contributed by atoms with Crippen LogP contribution < -0.4 is 10.6 Å². The predicted octanol–water partition coefficient (Wildman–Crippen LogP) is 5.88. The summed E-state index contributed by atoms with van der Waals surface area (Å²) in [5.74, 6) is -1.60. The highest BCUT2D eigenvalue weighted by molar-refractivity contribution is 5.96. The van der Waals surface area contributed by atoms with Crippen molar-refractivity contribution in [3.63, 3.8) is 0 Å². The maximum absolute atomic E-state index is 15.0. The lowest BCUT2D eigenvalue weighted by molar-refractivity contribution is -0.224. The number of amides is 2.